The van der Waals surface area contributed by atoms with Gasteiger partial charge in [0.05, 0.1) is 10.9 Å². The normalized spacial score (nSPS) is 23.8. The van der Waals surface area contributed by atoms with E-state index in [1.807, 2.05) is 24.3 Å². The van der Waals surface area contributed by atoms with Gasteiger partial charge >= 0.3 is 6.01 Å². The van der Waals surface area contributed by atoms with Crippen LogP contribution in [0, 0.1) is 11.2 Å². The Morgan fingerprint density at radius 1 is 1.05 bits per heavy atom. The van der Waals surface area contributed by atoms with Crippen molar-refractivity contribution in [3.8, 4) is 23.0 Å². The van der Waals surface area contributed by atoms with Crippen molar-refractivity contribution in [1.29, 1.82) is 0 Å². The fourth-order valence-corrected chi connectivity index (χ4v) is 7.36. The first-order chi connectivity index (χ1) is 20.4. The van der Waals surface area contributed by atoms with Crippen LogP contribution in [0.1, 0.15) is 58.3 Å². The van der Waals surface area contributed by atoms with E-state index < -0.39 is 5.82 Å². The first-order valence-corrected chi connectivity index (χ1v) is 15.2. The van der Waals surface area contributed by atoms with Crippen molar-refractivity contribution in [3.05, 3.63) is 48.4 Å². The maximum atomic E-state index is 16.5. The van der Waals surface area contributed by atoms with Crippen molar-refractivity contribution in [2.45, 2.75) is 69.9 Å². The quantitative estimate of drug-likeness (QED) is 0.246. The number of fused-ring (bicyclic) bond motifs is 3. The molecule has 1 saturated carbocycles. The van der Waals surface area contributed by atoms with E-state index in [-0.39, 0.29) is 46.6 Å². The second-order valence-electron chi connectivity index (χ2n) is 12.8. The Balaban J connectivity index is 1.29. The number of aliphatic hydroxyl groups is 1. The molecule has 2 aliphatic heterocycles. The topological polar surface area (TPSA) is 104 Å². The Morgan fingerprint density at radius 3 is 2.57 bits per heavy atom. The van der Waals surface area contributed by atoms with Gasteiger partial charge < -0.3 is 20.3 Å². The molecule has 2 saturated heterocycles. The van der Waals surface area contributed by atoms with Gasteiger partial charge in [-0.05, 0) is 92.8 Å². The minimum atomic E-state index is -0.573. The lowest BCUT2D eigenvalue weighted by Gasteiger charge is -2.36. The van der Waals surface area contributed by atoms with Gasteiger partial charge in [0.25, 0.3) is 0 Å². The Labute approximate surface area is 245 Å². The van der Waals surface area contributed by atoms with Crippen molar-refractivity contribution in [2.24, 2.45) is 5.41 Å². The van der Waals surface area contributed by atoms with Gasteiger partial charge in [0.2, 0.25) is 0 Å². The molecule has 220 valence electrons. The number of phenols is 1. The van der Waals surface area contributed by atoms with Crippen molar-refractivity contribution < 1.29 is 19.3 Å². The van der Waals surface area contributed by atoms with Crippen molar-refractivity contribution in [1.82, 2.24) is 19.9 Å². The van der Waals surface area contributed by atoms with Crippen LogP contribution < -0.4 is 10.1 Å². The van der Waals surface area contributed by atoms with Crippen molar-refractivity contribution in [3.63, 3.8) is 0 Å². The number of nitrogens with zero attached hydrogens (tertiary/aromatic N) is 4. The smallest absolute Gasteiger partial charge is 0.319 e. The van der Waals surface area contributed by atoms with Gasteiger partial charge in [0.1, 0.15) is 29.4 Å². The second kappa shape index (κ2) is 10.6. The summed E-state index contributed by atoms with van der Waals surface area (Å²) < 4.78 is 22.8. The largest absolute Gasteiger partial charge is 0.508 e. The van der Waals surface area contributed by atoms with Crippen LogP contribution in [0.3, 0.4) is 0 Å². The van der Waals surface area contributed by atoms with Gasteiger partial charge in [-0.1, -0.05) is 31.2 Å². The van der Waals surface area contributed by atoms with E-state index in [0.29, 0.717) is 23.4 Å². The summed E-state index contributed by atoms with van der Waals surface area (Å²) in [5.74, 6) is -0.0155. The molecule has 4 heterocycles. The van der Waals surface area contributed by atoms with Gasteiger partial charge in [-0.25, -0.2) is 4.39 Å². The highest BCUT2D eigenvalue weighted by Gasteiger charge is 2.45. The molecule has 0 amide bonds. The fourth-order valence-electron chi connectivity index (χ4n) is 7.36. The second-order valence-corrected chi connectivity index (χ2v) is 12.8. The van der Waals surface area contributed by atoms with Gasteiger partial charge in [-0.3, -0.25) is 9.88 Å². The van der Waals surface area contributed by atoms with E-state index in [4.69, 9.17) is 9.72 Å². The fraction of sp³-hybridized carbons (Fsp3) is 0.485. The third-order valence-electron chi connectivity index (χ3n) is 9.96. The van der Waals surface area contributed by atoms with Crippen LogP contribution >= 0.6 is 0 Å². The van der Waals surface area contributed by atoms with Gasteiger partial charge in [-0.15, -0.1) is 0 Å². The molecule has 1 aliphatic carbocycles. The number of aromatic nitrogens is 3. The SMILES string of the molecule is CC1(CO)CCC(Nc2nc(OCC34CCCN3CCC4)nc3c(F)c(-c4cc(O)cc5ccccc45)ncc23)CC1. The maximum absolute atomic E-state index is 16.5. The molecule has 0 spiro atoms. The summed E-state index contributed by atoms with van der Waals surface area (Å²) in [6.45, 7) is 4.95. The molecule has 9 heteroatoms. The molecular weight excluding hydrogens is 533 g/mol. The molecule has 3 fully saturated rings. The average Bonchev–Trinajstić information content (AvgIpc) is 3.58. The van der Waals surface area contributed by atoms with Crippen LogP contribution in [0.25, 0.3) is 32.9 Å². The number of nitrogens with one attached hydrogen (secondary N) is 1. The lowest BCUT2D eigenvalue weighted by molar-refractivity contribution is 0.0965. The standard InChI is InChI=1S/C33H38FN5O3/c1-32(19-40)12-8-22(9-13-32)36-30-26-18-35-28(25-17-23(41)16-21-6-2-3-7-24(21)25)27(34)29(26)37-31(38-30)42-20-33-10-4-14-39(33)15-5-11-33/h2-3,6-7,16-18,22,40-41H,4-5,8-15,19-20H2,1H3,(H,36,37,38). The summed E-state index contributed by atoms with van der Waals surface area (Å²) in [6, 6.07) is 11.0. The van der Waals surface area contributed by atoms with E-state index in [0.717, 1.165) is 75.2 Å². The van der Waals surface area contributed by atoms with E-state index >= 15 is 4.39 Å². The highest BCUT2D eigenvalue weighted by atomic mass is 19.1. The van der Waals surface area contributed by atoms with Crippen LogP contribution in [0.5, 0.6) is 11.8 Å². The van der Waals surface area contributed by atoms with Crippen molar-refractivity contribution >= 4 is 27.5 Å². The zero-order chi connectivity index (χ0) is 28.9. The summed E-state index contributed by atoms with van der Waals surface area (Å²) in [4.78, 5) is 16.5. The third-order valence-corrected chi connectivity index (χ3v) is 9.96. The van der Waals surface area contributed by atoms with Gasteiger partial charge in [0.15, 0.2) is 5.82 Å². The molecule has 3 N–H and O–H groups in total. The zero-order valence-corrected chi connectivity index (χ0v) is 24.1. The minimum Gasteiger partial charge on any atom is -0.508 e. The summed E-state index contributed by atoms with van der Waals surface area (Å²) in [7, 11) is 0. The number of hydrogen-bond donors (Lipinski definition) is 3. The highest BCUT2D eigenvalue weighted by Crippen LogP contribution is 2.41. The number of ether oxygens (including phenoxy) is 1. The number of phenolic OH excluding ortho intramolecular Hbond substituents is 1. The number of aliphatic hydroxyl groups excluding tert-OH is 1. The predicted octanol–water partition coefficient (Wildman–Crippen LogP) is 6.05. The van der Waals surface area contributed by atoms with Crippen LogP contribution in [-0.4, -0.2) is 67.9 Å². The molecular formula is C33H38FN5O3. The molecule has 42 heavy (non-hydrogen) atoms. The van der Waals surface area contributed by atoms with Crippen LogP contribution in [0.4, 0.5) is 10.2 Å². The lowest BCUT2D eigenvalue weighted by atomic mass is 9.74. The summed E-state index contributed by atoms with van der Waals surface area (Å²) >= 11 is 0. The molecule has 2 aromatic carbocycles. The van der Waals surface area contributed by atoms with Crippen LogP contribution in [0.15, 0.2) is 42.6 Å². The number of rotatable bonds is 7. The molecule has 8 nitrogen and oxygen atoms in total. The van der Waals surface area contributed by atoms with E-state index in [9.17, 15) is 10.2 Å². The highest BCUT2D eigenvalue weighted by molar-refractivity contribution is 5.99. The summed E-state index contributed by atoms with van der Waals surface area (Å²) in [6.07, 6.45) is 9.65. The molecule has 4 aromatic rings. The number of benzene rings is 2. The Kier molecular flexibility index (Phi) is 6.89. The molecule has 7 rings (SSSR count). The molecule has 2 aromatic heterocycles. The molecule has 0 radical (unpaired) electrons. The van der Waals surface area contributed by atoms with Gasteiger partial charge in [0, 0.05) is 24.4 Å². The Morgan fingerprint density at radius 2 is 1.81 bits per heavy atom. The van der Waals surface area contributed by atoms with E-state index in [2.05, 4.69) is 27.1 Å². The molecule has 0 bridgehead atoms. The Hall–Kier alpha value is -3.56. The van der Waals surface area contributed by atoms with E-state index in [1.54, 1.807) is 18.3 Å². The molecule has 0 unspecified atom stereocenters. The average molecular weight is 572 g/mol. The van der Waals surface area contributed by atoms with Crippen LogP contribution in [0.2, 0.25) is 0 Å². The first-order valence-electron chi connectivity index (χ1n) is 15.2. The summed E-state index contributed by atoms with van der Waals surface area (Å²) in [5.41, 5.74) is 0.705. The minimum absolute atomic E-state index is 0.00641. The summed E-state index contributed by atoms with van der Waals surface area (Å²) in [5, 5.41) is 25.9. The number of pyridine rings is 1. The maximum Gasteiger partial charge on any atom is 0.319 e. The third kappa shape index (κ3) is 4.82. The lowest BCUT2D eigenvalue weighted by Crippen LogP contribution is -2.43. The zero-order valence-electron chi connectivity index (χ0n) is 24.1. The molecule has 0 atom stereocenters. The van der Waals surface area contributed by atoms with Gasteiger partial charge in [-0.2, -0.15) is 9.97 Å². The van der Waals surface area contributed by atoms with Crippen LogP contribution in [-0.2, 0) is 0 Å². The number of aromatic hydroxyl groups is 1. The van der Waals surface area contributed by atoms with Crippen molar-refractivity contribution in [2.75, 3.05) is 31.6 Å². The monoisotopic (exact) mass is 571 g/mol. The first kappa shape index (κ1) is 27.3. The number of hydrogen-bond acceptors (Lipinski definition) is 8. The Bertz CT molecular complexity index is 1630. The number of anilines is 1. The number of halogens is 1. The molecule has 3 aliphatic rings. The van der Waals surface area contributed by atoms with E-state index in [1.165, 1.54) is 0 Å². The predicted molar refractivity (Wildman–Crippen MR) is 161 cm³/mol.